The minimum atomic E-state index is -6.21. The molecule has 0 fully saturated rings. The van der Waals surface area contributed by atoms with Gasteiger partial charge in [-0.3, -0.25) is 0 Å². The number of alkyl halides is 6. The molecule has 0 amide bonds. The molecule has 0 saturated carbocycles. The normalized spacial score (nSPS) is 12.0. The Kier molecular flexibility index (Phi) is 7.90. The second kappa shape index (κ2) is 11.1. The van der Waals surface area contributed by atoms with Crippen molar-refractivity contribution in [2.75, 3.05) is 11.5 Å². The second-order valence-corrected chi connectivity index (χ2v) is 9.20. The molecule has 0 aromatic heterocycles. The SMILES string of the molecule is Nc1cccc(Oc2cc(C(=O)O)cc(C(c3cc(Oc4cccc(N)c4)cc(C(=O)O)c3)(C(F)(F)F)C(F)(F)F)c2)c1. The molecule has 4 aromatic rings. The molecule has 8 nitrogen and oxygen atoms in total. The molecule has 0 heterocycles. The summed E-state index contributed by atoms with van der Waals surface area (Å²) in [7, 11) is 0. The first-order chi connectivity index (χ1) is 20.0. The van der Waals surface area contributed by atoms with Gasteiger partial charge in [0.25, 0.3) is 0 Å². The highest BCUT2D eigenvalue weighted by Crippen LogP contribution is 2.57. The van der Waals surface area contributed by atoms with Crippen LogP contribution in [-0.4, -0.2) is 34.5 Å². The van der Waals surface area contributed by atoms with Crippen molar-refractivity contribution in [1.29, 1.82) is 0 Å². The highest BCUT2D eigenvalue weighted by molar-refractivity contribution is 5.89. The Labute approximate surface area is 238 Å². The van der Waals surface area contributed by atoms with E-state index in [1.165, 1.54) is 48.5 Å². The van der Waals surface area contributed by atoms with Gasteiger partial charge in [-0.25, -0.2) is 9.59 Å². The largest absolute Gasteiger partial charge is 0.478 e. The van der Waals surface area contributed by atoms with E-state index in [1.54, 1.807) is 0 Å². The van der Waals surface area contributed by atoms with E-state index >= 15 is 26.3 Å². The minimum absolute atomic E-state index is 0.108. The summed E-state index contributed by atoms with van der Waals surface area (Å²) in [6, 6.07) is 13.3. The molecule has 0 aliphatic carbocycles. The molecule has 14 heteroatoms. The van der Waals surface area contributed by atoms with E-state index in [4.69, 9.17) is 20.9 Å². The maximum absolute atomic E-state index is 15.0. The molecular formula is C29H20F6N2O6. The standard InChI is InChI=1S/C29H20F6N2O6/c30-28(31,32)27(29(33,34)35,17-7-15(25(38)39)9-23(11-17)42-21-5-1-3-19(36)13-21)18-8-16(26(40)41)10-24(12-18)43-22-6-2-4-20(37)14-22/h1-14H,36-37H2,(H,38,39)(H,40,41). The molecule has 4 aromatic carbocycles. The van der Waals surface area contributed by atoms with Crippen LogP contribution in [0.3, 0.4) is 0 Å². The van der Waals surface area contributed by atoms with Crippen LogP contribution in [0.2, 0.25) is 0 Å². The highest BCUT2D eigenvalue weighted by atomic mass is 19.4. The van der Waals surface area contributed by atoms with E-state index in [2.05, 4.69) is 0 Å². The van der Waals surface area contributed by atoms with Crippen molar-refractivity contribution >= 4 is 23.3 Å². The van der Waals surface area contributed by atoms with E-state index in [-0.39, 0.29) is 35.0 Å². The van der Waals surface area contributed by atoms with Crippen LogP contribution in [-0.2, 0) is 5.41 Å². The van der Waals surface area contributed by atoms with Gasteiger partial charge in [0.05, 0.1) is 11.1 Å². The molecule has 0 aliphatic rings. The fourth-order valence-corrected chi connectivity index (χ4v) is 4.41. The third kappa shape index (κ3) is 6.12. The van der Waals surface area contributed by atoms with E-state index < -0.39 is 63.5 Å². The number of benzene rings is 4. The van der Waals surface area contributed by atoms with Crippen molar-refractivity contribution in [2.24, 2.45) is 0 Å². The minimum Gasteiger partial charge on any atom is -0.478 e. The van der Waals surface area contributed by atoms with Crippen molar-refractivity contribution < 1.29 is 55.6 Å². The van der Waals surface area contributed by atoms with Crippen LogP contribution < -0.4 is 20.9 Å². The molecule has 0 atom stereocenters. The average molecular weight is 606 g/mol. The lowest BCUT2D eigenvalue weighted by Crippen LogP contribution is -2.55. The Morgan fingerprint density at radius 1 is 0.558 bits per heavy atom. The second-order valence-electron chi connectivity index (χ2n) is 9.20. The van der Waals surface area contributed by atoms with Crippen molar-refractivity contribution in [3.63, 3.8) is 0 Å². The lowest BCUT2D eigenvalue weighted by Gasteiger charge is -2.38. The lowest BCUT2D eigenvalue weighted by atomic mass is 9.72. The molecule has 224 valence electrons. The summed E-state index contributed by atoms with van der Waals surface area (Å²) in [5.74, 6) is -5.31. The van der Waals surface area contributed by atoms with Gasteiger partial charge in [0.15, 0.2) is 0 Å². The van der Waals surface area contributed by atoms with Gasteiger partial charge in [-0.2, -0.15) is 26.3 Å². The Morgan fingerprint density at radius 3 is 1.23 bits per heavy atom. The van der Waals surface area contributed by atoms with Crippen LogP contribution in [0.15, 0.2) is 84.9 Å². The maximum atomic E-state index is 15.0. The number of carbonyl (C=O) groups is 2. The summed E-state index contributed by atoms with van der Waals surface area (Å²) in [4.78, 5) is 23.7. The third-order valence-corrected chi connectivity index (χ3v) is 6.21. The summed E-state index contributed by atoms with van der Waals surface area (Å²) >= 11 is 0. The zero-order valence-corrected chi connectivity index (χ0v) is 21.5. The molecule has 0 saturated heterocycles. The maximum Gasteiger partial charge on any atom is 0.411 e. The molecule has 0 spiro atoms. The van der Waals surface area contributed by atoms with Crippen molar-refractivity contribution in [3.8, 4) is 23.0 Å². The van der Waals surface area contributed by atoms with Crippen LogP contribution in [0, 0.1) is 0 Å². The number of ether oxygens (including phenoxy) is 2. The van der Waals surface area contributed by atoms with Crippen LogP contribution in [0.5, 0.6) is 23.0 Å². The summed E-state index contributed by atoms with van der Waals surface area (Å²) in [5, 5.41) is 19.2. The van der Waals surface area contributed by atoms with Crippen molar-refractivity contribution in [2.45, 2.75) is 17.8 Å². The quantitative estimate of drug-likeness (QED) is 0.121. The number of anilines is 2. The zero-order valence-electron chi connectivity index (χ0n) is 21.5. The van der Waals surface area contributed by atoms with Gasteiger partial charge in [0.1, 0.15) is 23.0 Å². The summed E-state index contributed by atoms with van der Waals surface area (Å²) in [5.41, 5.74) is 1.48. The van der Waals surface area contributed by atoms with Crippen molar-refractivity contribution in [1.82, 2.24) is 0 Å². The number of nitrogen functional groups attached to an aromatic ring is 2. The number of hydrogen-bond acceptors (Lipinski definition) is 6. The Morgan fingerprint density at radius 2 is 0.930 bits per heavy atom. The van der Waals surface area contributed by atoms with Gasteiger partial charge in [-0.1, -0.05) is 12.1 Å². The number of rotatable bonds is 8. The van der Waals surface area contributed by atoms with Crippen molar-refractivity contribution in [3.05, 3.63) is 107 Å². The number of carboxylic acids is 2. The van der Waals surface area contributed by atoms with Gasteiger partial charge < -0.3 is 31.2 Å². The van der Waals surface area contributed by atoms with Gasteiger partial charge in [0.2, 0.25) is 5.41 Å². The third-order valence-electron chi connectivity index (χ3n) is 6.21. The highest BCUT2D eigenvalue weighted by Gasteiger charge is 2.73. The molecule has 0 bridgehead atoms. The number of hydrogen-bond donors (Lipinski definition) is 4. The molecule has 4 rings (SSSR count). The molecule has 0 radical (unpaired) electrons. The van der Waals surface area contributed by atoms with Crippen LogP contribution >= 0.6 is 0 Å². The number of carboxylic acid groups (broad SMARTS) is 2. The smallest absolute Gasteiger partial charge is 0.411 e. The first-order valence-corrected chi connectivity index (χ1v) is 12.0. The Balaban J connectivity index is 2.04. The predicted molar refractivity (Wildman–Crippen MR) is 142 cm³/mol. The summed E-state index contributed by atoms with van der Waals surface area (Å²) in [6.45, 7) is 0. The first-order valence-electron chi connectivity index (χ1n) is 12.0. The summed E-state index contributed by atoms with van der Waals surface area (Å²) in [6.07, 6.45) is -12.4. The van der Waals surface area contributed by atoms with Crippen LogP contribution in [0.1, 0.15) is 31.8 Å². The number of aromatic carboxylic acids is 2. The van der Waals surface area contributed by atoms with Gasteiger partial charge in [-0.05, 0) is 71.8 Å². The molecule has 0 unspecified atom stereocenters. The topological polar surface area (TPSA) is 145 Å². The van der Waals surface area contributed by atoms with Gasteiger partial charge >= 0.3 is 24.3 Å². The Hall–Kier alpha value is -5.40. The first kappa shape index (κ1) is 30.6. The average Bonchev–Trinajstić information content (AvgIpc) is 2.87. The molecular weight excluding hydrogens is 586 g/mol. The number of nitrogens with two attached hydrogens (primary N) is 2. The monoisotopic (exact) mass is 606 g/mol. The zero-order chi connectivity index (χ0) is 31.7. The lowest BCUT2D eigenvalue weighted by molar-refractivity contribution is -0.288. The summed E-state index contributed by atoms with van der Waals surface area (Å²) < 4.78 is 101. The fourth-order valence-electron chi connectivity index (χ4n) is 4.41. The van der Waals surface area contributed by atoms with E-state index in [0.29, 0.717) is 12.1 Å². The van der Waals surface area contributed by atoms with E-state index in [0.717, 1.165) is 12.1 Å². The molecule has 43 heavy (non-hydrogen) atoms. The molecule has 0 aliphatic heterocycles. The Bertz CT molecular complexity index is 1580. The van der Waals surface area contributed by atoms with Crippen LogP contribution in [0.25, 0.3) is 0 Å². The van der Waals surface area contributed by atoms with Crippen LogP contribution in [0.4, 0.5) is 37.7 Å². The van der Waals surface area contributed by atoms with Gasteiger partial charge in [0, 0.05) is 23.5 Å². The van der Waals surface area contributed by atoms with E-state index in [1.807, 2.05) is 0 Å². The molecule has 6 N–H and O–H groups in total. The van der Waals surface area contributed by atoms with E-state index in [9.17, 15) is 19.8 Å². The number of halogens is 6. The van der Waals surface area contributed by atoms with Gasteiger partial charge in [-0.15, -0.1) is 0 Å². The fraction of sp³-hybridized carbons (Fsp3) is 0.103. The predicted octanol–water partition coefficient (Wildman–Crippen LogP) is 7.24.